The van der Waals surface area contributed by atoms with Gasteiger partial charge in [0.2, 0.25) is 0 Å². The number of hydrogen-bond donors (Lipinski definition) is 2. The molecule has 0 bridgehead atoms. The maximum Gasteiger partial charge on any atom is 0.0782 e. The minimum absolute atomic E-state index is 0.00682. The summed E-state index contributed by atoms with van der Waals surface area (Å²) < 4.78 is 0. The molecule has 0 fully saturated rings. The van der Waals surface area contributed by atoms with Crippen molar-refractivity contribution in [1.82, 2.24) is 10.2 Å². The number of rotatable bonds is 3. The van der Waals surface area contributed by atoms with Crippen molar-refractivity contribution in [2.75, 3.05) is 5.32 Å². The third kappa shape index (κ3) is 2.82. The average molecular weight is 341 g/mol. The van der Waals surface area contributed by atoms with E-state index in [9.17, 15) is 0 Å². The number of nitrogens with zero attached hydrogens (tertiary/aromatic N) is 1. The first-order chi connectivity index (χ1) is 10.1. The van der Waals surface area contributed by atoms with Crippen molar-refractivity contribution < 1.29 is 0 Å². The Morgan fingerprint density at radius 1 is 1.10 bits per heavy atom. The van der Waals surface area contributed by atoms with E-state index in [0.717, 1.165) is 22.2 Å². The van der Waals surface area contributed by atoms with E-state index in [2.05, 4.69) is 15.5 Å². The van der Waals surface area contributed by atoms with E-state index in [1.807, 2.05) is 31.2 Å². The standard InChI is InChI=1S/C15H12Cl3N3/c1-8(11-4-5-12(16)15(18)14(11)17)20-10-3-2-9-7-19-21-13(9)6-10/h2-8,20H,1H3,(H,19,21). The van der Waals surface area contributed by atoms with Crippen molar-refractivity contribution in [3.8, 4) is 0 Å². The molecule has 0 aliphatic heterocycles. The van der Waals surface area contributed by atoms with Crippen molar-refractivity contribution >= 4 is 51.4 Å². The van der Waals surface area contributed by atoms with Crippen LogP contribution in [0, 0.1) is 0 Å². The number of H-pyrrole nitrogens is 1. The van der Waals surface area contributed by atoms with Gasteiger partial charge in [-0.2, -0.15) is 5.10 Å². The molecule has 6 heteroatoms. The molecule has 0 aliphatic rings. The number of fused-ring (bicyclic) bond motifs is 1. The summed E-state index contributed by atoms with van der Waals surface area (Å²) in [6.45, 7) is 2.02. The van der Waals surface area contributed by atoms with Crippen molar-refractivity contribution in [2.45, 2.75) is 13.0 Å². The number of halogens is 3. The minimum Gasteiger partial charge on any atom is -0.378 e. The van der Waals surface area contributed by atoms with Crippen LogP contribution in [0.4, 0.5) is 5.69 Å². The van der Waals surface area contributed by atoms with Crippen molar-refractivity contribution in [1.29, 1.82) is 0 Å². The summed E-state index contributed by atoms with van der Waals surface area (Å²) in [4.78, 5) is 0. The van der Waals surface area contributed by atoms with Crippen LogP contribution >= 0.6 is 34.8 Å². The van der Waals surface area contributed by atoms with Crippen LogP contribution in [0.1, 0.15) is 18.5 Å². The zero-order valence-corrected chi connectivity index (χ0v) is 13.4. The molecule has 3 aromatic rings. The van der Waals surface area contributed by atoms with Gasteiger partial charge in [-0.1, -0.05) is 40.9 Å². The molecule has 0 amide bonds. The molecule has 0 aliphatic carbocycles. The Kier molecular flexibility index (Phi) is 3.98. The molecular formula is C15H12Cl3N3. The molecule has 1 heterocycles. The number of hydrogen-bond acceptors (Lipinski definition) is 2. The molecule has 3 nitrogen and oxygen atoms in total. The lowest BCUT2D eigenvalue weighted by atomic mass is 10.1. The molecule has 1 aromatic heterocycles. The second-order valence-electron chi connectivity index (χ2n) is 4.80. The number of aromatic amines is 1. The molecule has 1 unspecified atom stereocenters. The lowest BCUT2D eigenvalue weighted by molar-refractivity contribution is 0.885. The largest absolute Gasteiger partial charge is 0.378 e. The molecule has 0 saturated heterocycles. The Balaban J connectivity index is 1.88. The second-order valence-corrected chi connectivity index (χ2v) is 5.97. The van der Waals surface area contributed by atoms with Crippen LogP contribution in [-0.4, -0.2) is 10.2 Å². The minimum atomic E-state index is -0.00682. The summed E-state index contributed by atoms with van der Waals surface area (Å²) >= 11 is 18.3. The highest BCUT2D eigenvalue weighted by Gasteiger charge is 2.14. The third-order valence-corrected chi connectivity index (χ3v) is 4.66. The van der Waals surface area contributed by atoms with E-state index >= 15 is 0 Å². The maximum atomic E-state index is 6.26. The summed E-state index contributed by atoms with van der Waals surface area (Å²) in [5.41, 5.74) is 2.85. The van der Waals surface area contributed by atoms with E-state index in [-0.39, 0.29) is 6.04 Å². The summed E-state index contributed by atoms with van der Waals surface area (Å²) in [5.74, 6) is 0. The summed E-state index contributed by atoms with van der Waals surface area (Å²) in [6.07, 6.45) is 1.79. The van der Waals surface area contributed by atoms with Crippen LogP contribution in [0.25, 0.3) is 10.9 Å². The Labute approximate surface area is 137 Å². The van der Waals surface area contributed by atoms with Crippen LogP contribution in [0.2, 0.25) is 15.1 Å². The first kappa shape index (κ1) is 14.5. The normalized spacial score (nSPS) is 12.6. The molecule has 1 atom stereocenters. The third-order valence-electron chi connectivity index (χ3n) is 3.36. The molecular weight excluding hydrogens is 329 g/mol. The van der Waals surface area contributed by atoms with E-state index < -0.39 is 0 Å². The first-order valence-corrected chi connectivity index (χ1v) is 7.52. The molecule has 2 N–H and O–H groups in total. The van der Waals surface area contributed by atoms with Crippen LogP contribution in [0.3, 0.4) is 0 Å². The highest BCUT2D eigenvalue weighted by molar-refractivity contribution is 6.48. The fourth-order valence-corrected chi connectivity index (χ4v) is 2.94. The highest BCUT2D eigenvalue weighted by Crippen LogP contribution is 2.36. The van der Waals surface area contributed by atoms with E-state index in [1.165, 1.54) is 0 Å². The predicted molar refractivity (Wildman–Crippen MR) is 89.6 cm³/mol. The van der Waals surface area contributed by atoms with E-state index in [0.29, 0.717) is 15.1 Å². The Hall–Kier alpha value is -1.42. The molecule has 0 radical (unpaired) electrons. The zero-order valence-electron chi connectivity index (χ0n) is 11.1. The van der Waals surface area contributed by atoms with Gasteiger partial charge in [-0.05, 0) is 36.8 Å². The number of nitrogens with one attached hydrogen (secondary N) is 2. The number of aromatic nitrogens is 2. The summed E-state index contributed by atoms with van der Waals surface area (Å²) in [6, 6.07) is 9.63. The maximum absolute atomic E-state index is 6.26. The van der Waals surface area contributed by atoms with Gasteiger partial charge in [-0.15, -0.1) is 0 Å². The van der Waals surface area contributed by atoms with Crippen LogP contribution in [0.5, 0.6) is 0 Å². The van der Waals surface area contributed by atoms with Gasteiger partial charge in [0.1, 0.15) is 0 Å². The van der Waals surface area contributed by atoms with E-state index in [1.54, 1.807) is 12.3 Å². The lowest BCUT2D eigenvalue weighted by Crippen LogP contribution is -2.07. The van der Waals surface area contributed by atoms with Crippen LogP contribution < -0.4 is 5.32 Å². The van der Waals surface area contributed by atoms with Gasteiger partial charge in [-0.25, -0.2) is 0 Å². The average Bonchev–Trinajstić information content (AvgIpc) is 2.92. The highest BCUT2D eigenvalue weighted by atomic mass is 35.5. The summed E-state index contributed by atoms with van der Waals surface area (Å²) in [7, 11) is 0. The van der Waals surface area contributed by atoms with Gasteiger partial charge < -0.3 is 5.32 Å². The monoisotopic (exact) mass is 339 g/mol. The van der Waals surface area contributed by atoms with Crippen molar-refractivity contribution in [3.63, 3.8) is 0 Å². The van der Waals surface area contributed by atoms with Crippen LogP contribution in [0.15, 0.2) is 36.5 Å². The van der Waals surface area contributed by atoms with Crippen LogP contribution in [-0.2, 0) is 0 Å². The van der Waals surface area contributed by atoms with Gasteiger partial charge in [0.25, 0.3) is 0 Å². The van der Waals surface area contributed by atoms with Gasteiger partial charge in [-0.3, -0.25) is 5.10 Å². The molecule has 3 rings (SSSR count). The first-order valence-electron chi connectivity index (χ1n) is 6.39. The predicted octanol–water partition coefficient (Wildman–Crippen LogP) is 5.70. The molecule has 108 valence electrons. The number of benzene rings is 2. The zero-order chi connectivity index (χ0) is 15.0. The van der Waals surface area contributed by atoms with Crippen molar-refractivity contribution in [2.24, 2.45) is 0 Å². The molecule has 0 spiro atoms. The smallest absolute Gasteiger partial charge is 0.0782 e. The topological polar surface area (TPSA) is 40.7 Å². The quantitative estimate of drug-likeness (QED) is 0.601. The van der Waals surface area contributed by atoms with Crippen molar-refractivity contribution in [3.05, 3.63) is 57.2 Å². The lowest BCUT2D eigenvalue weighted by Gasteiger charge is -2.18. The Bertz CT molecular complexity index is 798. The number of anilines is 1. The molecule has 2 aromatic carbocycles. The Morgan fingerprint density at radius 2 is 1.90 bits per heavy atom. The molecule has 0 saturated carbocycles. The van der Waals surface area contributed by atoms with Gasteiger partial charge in [0.05, 0.1) is 32.8 Å². The fourth-order valence-electron chi connectivity index (χ4n) is 2.23. The fraction of sp³-hybridized carbons (Fsp3) is 0.133. The van der Waals surface area contributed by atoms with E-state index in [4.69, 9.17) is 34.8 Å². The summed E-state index contributed by atoms with van der Waals surface area (Å²) in [5, 5.41) is 12.7. The Morgan fingerprint density at radius 3 is 2.71 bits per heavy atom. The molecule has 21 heavy (non-hydrogen) atoms. The van der Waals surface area contributed by atoms with Gasteiger partial charge in [0.15, 0.2) is 0 Å². The second kappa shape index (κ2) is 5.76. The van der Waals surface area contributed by atoms with Gasteiger partial charge >= 0.3 is 0 Å². The van der Waals surface area contributed by atoms with Gasteiger partial charge in [0, 0.05) is 11.1 Å². The SMILES string of the molecule is CC(Nc1ccc2cn[nH]c2c1)c1ccc(Cl)c(Cl)c1Cl.